The van der Waals surface area contributed by atoms with Crippen molar-refractivity contribution in [2.75, 3.05) is 5.75 Å². The predicted molar refractivity (Wildman–Crippen MR) is 198 cm³/mol. The number of amides is 1. The largest absolute Gasteiger partial charge is 0.387 e. The number of carbonyl (C=O) groups is 1. The van der Waals surface area contributed by atoms with Crippen molar-refractivity contribution in [2.24, 2.45) is 0 Å². The predicted octanol–water partition coefficient (Wildman–Crippen LogP) is 10.5. The monoisotopic (exact) mass is 663 g/mol. The summed E-state index contributed by atoms with van der Waals surface area (Å²) in [4.78, 5) is 12.5. The molecule has 0 rings (SSSR count). The maximum atomic E-state index is 12.5. The zero-order valence-corrected chi connectivity index (χ0v) is 30.2. The van der Waals surface area contributed by atoms with Crippen molar-refractivity contribution >= 4 is 16.0 Å². The highest BCUT2D eigenvalue weighted by atomic mass is 32.2. The molecule has 0 heterocycles. The van der Waals surface area contributed by atoms with Gasteiger partial charge in [0.2, 0.25) is 5.91 Å². The van der Waals surface area contributed by atoms with Gasteiger partial charge >= 0.3 is 0 Å². The van der Waals surface area contributed by atoms with E-state index >= 15 is 0 Å². The lowest BCUT2D eigenvalue weighted by atomic mass is 10.1. The third-order valence-electron chi connectivity index (χ3n) is 7.95. The highest BCUT2D eigenvalue weighted by Gasteiger charge is 2.24. The van der Waals surface area contributed by atoms with Crippen LogP contribution in [0.2, 0.25) is 0 Å². The van der Waals surface area contributed by atoms with E-state index in [4.69, 9.17) is 0 Å². The number of carbonyl (C=O) groups excluding carboxylic acids is 1. The lowest BCUT2D eigenvalue weighted by molar-refractivity contribution is -0.122. The summed E-state index contributed by atoms with van der Waals surface area (Å²) in [5, 5.41) is 13.1. The Bertz CT molecular complexity index is 951. The van der Waals surface area contributed by atoms with Crippen molar-refractivity contribution in [1.82, 2.24) is 5.32 Å². The number of allylic oxidation sites excluding steroid dienone is 9. The Morgan fingerprint density at radius 2 is 1.04 bits per heavy atom. The summed E-state index contributed by atoms with van der Waals surface area (Å²) < 4.78 is 32.3. The van der Waals surface area contributed by atoms with Gasteiger partial charge in [-0.3, -0.25) is 9.35 Å². The molecule has 0 aromatic carbocycles. The van der Waals surface area contributed by atoms with Gasteiger partial charge in [0.05, 0.1) is 17.9 Å². The number of aliphatic hydroxyl groups excluding tert-OH is 1. The highest BCUT2D eigenvalue weighted by molar-refractivity contribution is 7.85. The molecule has 266 valence electrons. The molecule has 0 aromatic rings. The molecular weight excluding hydrogens is 594 g/mol. The van der Waals surface area contributed by atoms with Crippen LogP contribution in [-0.2, 0) is 14.9 Å². The van der Waals surface area contributed by atoms with E-state index in [1.165, 1.54) is 64.2 Å². The maximum Gasteiger partial charge on any atom is 0.267 e. The van der Waals surface area contributed by atoms with Crippen LogP contribution in [0.5, 0.6) is 0 Å². The Kier molecular flexibility index (Phi) is 31.6. The molecule has 0 saturated carbocycles. The zero-order chi connectivity index (χ0) is 34.0. The number of unbranched alkanes of at least 4 members (excludes halogenated alkanes) is 16. The van der Waals surface area contributed by atoms with Crippen LogP contribution >= 0.6 is 0 Å². The normalized spacial score (nSPS) is 14.1. The van der Waals surface area contributed by atoms with Gasteiger partial charge in [-0.15, -0.1) is 0 Å². The maximum absolute atomic E-state index is 12.5. The molecule has 0 radical (unpaired) electrons. The van der Waals surface area contributed by atoms with Gasteiger partial charge in [0.15, 0.2) is 0 Å². The summed E-state index contributed by atoms with van der Waals surface area (Å²) in [6.07, 6.45) is 44.9. The molecule has 0 aromatic heterocycles. The van der Waals surface area contributed by atoms with E-state index in [0.29, 0.717) is 0 Å². The van der Waals surface area contributed by atoms with Crippen LogP contribution in [0.15, 0.2) is 60.8 Å². The van der Waals surface area contributed by atoms with E-state index in [2.05, 4.69) is 67.8 Å². The second kappa shape index (κ2) is 33.0. The van der Waals surface area contributed by atoms with Gasteiger partial charge in [0.1, 0.15) is 0 Å². The molecule has 1 amide bonds. The van der Waals surface area contributed by atoms with Gasteiger partial charge in [-0.05, 0) is 57.8 Å². The van der Waals surface area contributed by atoms with Crippen molar-refractivity contribution < 1.29 is 22.9 Å². The van der Waals surface area contributed by atoms with Crippen molar-refractivity contribution in [2.45, 2.75) is 174 Å². The smallest absolute Gasteiger partial charge is 0.267 e. The quantitative estimate of drug-likeness (QED) is 0.0377. The van der Waals surface area contributed by atoms with Crippen LogP contribution in [0.1, 0.15) is 162 Å². The van der Waals surface area contributed by atoms with E-state index < -0.39 is 28.0 Å². The van der Waals surface area contributed by atoms with Crippen LogP contribution in [0.25, 0.3) is 0 Å². The third kappa shape index (κ3) is 33.4. The van der Waals surface area contributed by atoms with Crippen LogP contribution in [0, 0.1) is 0 Å². The summed E-state index contributed by atoms with van der Waals surface area (Å²) in [5.74, 6) is -0.996. The van der Waals surface area contributed by atoms with Crippen LogP contribution < -0.4 is 5.32 Å². The Hall–Kier alpha value is -1.96. The molecule has 3 N–H and O–H groups in total. The van der Waals surface area contributed by atoms with Crippen LogP contribution in [0.3, 0.4) is 0 Å². The van der Waals surface area contributed by atoms with E-state index in [9.17, 15) is 22.9 Å². The van der Waals surface area contributed by atoms with Crippen LogP contribution in [0.4, 0.5) is 0 Å². The number of hydrogen-bond donors (Lipinski definition) is 3. The van der Waals surface area contributed by atoms with E-state index in [-0.39, 0.29) is 12.3 Å². The lowest BCUT2D eigenvalue weighted by Gasteiger charge is -2.21. The fourth-order valence-corrected chi connectivity index (χ4v) is 5.94. The molecule has 0 spiro atoms. The summed E-state index contributed by atoms with van der Waals surface area (Å²) in [6, 6.07) is -1.06. The lowest BCUT2D eigenvalue weighted by Crippen LogP contribution is -2.46. The SMILES string of the molecule is CC/C=C\C/C=C\C/C=C\C/C=C\CCCCCCCCCCC(=O)NC(CS(=O)(=O)O)C(O)/C=C/CCCCCCCCCC. The molecule has 0 aliphatic rings. The first-order chi connectivity index (χ1) is 22.3. The number of hydrogen-bond acceptors (Lipinski definition) is 4. The summed E-state index contributed by atoms with van der Waals surface area (Å²) in [7, 11) is -4.34. The first-order valence-electron chi connectivity index (χ1n) is 18.5. The molecule has 0 saturated heterocycles. The second-order valence-corrected chi connectivity index (χ2v) is 14.0. The minimum atomic E-state index is -4.34. The van der Waals surface area contributed by atoms with Gasteiger partial charge in [0.25, 0.3) is 10.1 Å². The molecule has 2 unspecified atom stereocenters. The molecule has 2 atom stereocenters. The molecule has 0 aliphatic heterocycles. The molecule has 7 heteroatoms. The van der Waals surface area contributed by atoms with Crippen molar-refractivity contribution in [1.29, 1.82) is 0 Å². The van der Waals surface area contributed by atoms with Crippen molar-refractivity contribution in [3.05, 3.63) is 60.8 Å². The Labute approximate surface area is 283 Å². The molecular formula is C39H69NO5S. The van der Waals surface area contributed by atoms with E-state index in [1.54, 1.807) is 6.08 Å². The Balaban J connectivity index is 3.94. The molecule has 0 fully saturated rings. The first-order valence-corrected chi connectivity index (χ1v) is 20.1. The van der Waals surface area contributed by atoms with Gasteiger partial charge < -0.3 is 10.4 Å². The fraction of sp³-hybridized carbons (Fsp3) is 0.718. The number of rotatable bonds is 32. The standard InChI is InChI=1S/C39H69NO5S/c1-3-5-7-9-11-13-15-16-17-18-19-20-21-22-23-24-25-27-29-31-33-35-39(42)40-37(36-46(43,44)45)38(41)34-32-30-28-26-14-12-10-8-6-4-2/h5,7,11,13,16-17,19-20,32,34,37-38,41H,3-4,6,8-10,12,14-15,18,21-31,33,35-36H2,1-2H3,(H,40,42)(H,43,44,45)/b7-5-,13-11-,17-16-,20-19-,34-32+. The Morgan fingerprint density at radius 1 is 0.609 bits per heavy atom. The topological polar surface area (TPSA) is 104 Å². The highest BCUT2D eigenvalue weighted by Crippen LogP contribution is 2.13. The molecule has 6 nitrogen and oxygen atoms in total. The minimum absolute atomic E-state index is 0.283. The van der Waals surface area contributed by atoms with Gasteiger partial charge in [-0.25, -0.2) is 0 Å². The minimum Gasteiger partial charge on any atom is -0.387 e. The summed E-state index contributed by atoms with van der Waals surface area (Å²) >= 11 is 0. The molecule has 0 aliphatic carbocycles. The molecule has 46 heavy (non-hydrogen) atoms. The van der Waals surface area contributed by atoms with E-state index in [1.807, 2.05) is 6.08 Å². The molecule has 0 bridgehead atoms. The second-order valence-electron chi connectivity index (χ2n) is 12.5. The van der Waals surface area contributed by atoms with Gasteiger partial charge in [-0.1, -0.05) is 158 Å². The first kappa shape index (κ1) is 44.0. The van der Waals surface area contributed by atoms with Crippen molar-refractivity contribution in [3.8, 4) is 0 Å². The Morgan fingerprint density at radius 3 is 1.54 bits per heavy atom. The van der Waals surface area contributed by atoms with Crippen molar-refractivity contribution in [3.63, 3.8) is 0 Å². The summed E-state index contributed by atoms with van der Waals surface area (Å²) in [5.41, 5.74) is 0. The summed E-state index contributed by atoms with van der Waals surface area (Å²) in [6.45, 7) is 4.37. The van der Waals surface area contributed by atoms with Gasteiger partial charge in [0, 0.05) is 6.42 Å². The fourth-order valence-electron chi connectivity index (χ4n) is 5.20. The van der Waals surface area contributed by atoms with E-state index in [0.717, 1.165) is 77.0 Å². The zero-order valence-electron chi connectivity index (χ0n) is 29.4. The van der Waals surface area contributed by atoms with Crippen LogP contribution in [-0.4, -0.2) is 41.9 Å². The average Bonchev–Trinajstić information content (AvgIpc) is 3.01. The number of nitrogens with one attached hydrogen (secondary N) is 1. The average molecular weight is 664 g/mol. The number of aliphatic hydroxyl groups is 1. The third-order valence-corrected chi connectivity index (χ3v) is 8.73. The van der Waals surface area contributed by atoms with Gasteiger partial charge in [-0.2, -0.15) is 8.42 Å².